The van der Waals surface area contributed by atoms with Crippen molar-refractivity contribution in [1.29, 1.82) is 0 Å². The van der Waals surface area contributed by atoms with Crippen LogP contribution in [0.3, 0.4) is 0 Å². The molecule has 0 aliphatic heterocycles. The number of hydrogen-bond acceptors (Lipinski definition) is 3. The molecule has 19 heavy (non-hydrogen) atoms. The maximum Gasteiger partial charge on any atom is 0.358 e. The fourth-order valence-corrected chi connectivity index (χ4v) is 2.29. The highest BCUT2D eigenvalue weighted by Crippen LogP contribution is 2.38. The van der Waals surface area contributed by atoms with Gasteiger partial charge in [0.1, 0.15) is 11.5 Å². The lowest BCUT2D eigenvalue weighted by atomic mass is 9.82. The molecule has 1 heterocycles. The minimum atomic E-state index is -1.12. The predicted molar refractivity (Wildman–Crippen MR) is 64.9 cm³/mol. The molecule has 98 valence electrons. The molecule has 1 aliphatic rings. The van der Waals surface area contributed by atoms with Gasteiger partial charge in [-0.2, -0.15) is 0 Å². The Morgan fingerprint density at radius 3 is 2.68 bits per heavy atom. The lowest BCUT2D eigenvalue weighted by Crippen LogP contribution is -2.18. The fraction of sp³-hybridized carbons (Fsp3) is 0.308. The van der Waals surface area contributed by atoms with Crippen molar-refractivity contribution in [2.45, 2.75) is 25.2 Å². The Bertz CT molecular complexity index is 635. The molecule has 1 aromatic heterocycles. The standard InChI is InChI=1S/C13H12FN3O2/c14-9-6-1-2-7-10(9)17-12(8-4-3-5-8)11(13(18)19)15-16-17/h1-2,6-8H,3-5H2,(H,18,19). The van der Waals surface area contributed by atoms with Crippen LogP contribution in [0.2, 0.25) is 0 Å². The first-order valence-electron chi connectivity index (χ1n) is 6.12. The molecular weight excluding hydrogens is 249 g/mol. The molecule has 6 heteroatoms. The van der Waals surface area contributed by atoms with E-state index in [0.29, 0.717) is 5.69 Å². The van der Waals surface area contributed by atoms with Gasteiger partial charge < -0.3 is 5.11 Å². The molecule has 1 aliphatic carbocycles. The van der Waals surface area contributed by atoms with Crippen LogP contribution < -0.4 is 0 Å². The van der Waals surface area contributed by atoms with Gasteiger partial charge in [0.05, 0.1) is 5.69 Å². The third kappa shape index (κ3) is 1.89. The number of carboxylic acids is 1. The van der Waals surface area contributed by atoms with Gasteiger partial charge >= 0.3 is 5.97 Å². The number of rotatable bonds is 3. The number of carboxylic acid groups (broad SMARTS) is 1. The molecule has 1 N–H and O–H groups in total. The second-order valence-electron chi connectivity index (χ2n) is 4.62. The molecule has 1 aromatic carbocycles. The summed E-state index contributed by atoms with van der Waals surface area (Å²) in [6.45, 7) is 0. The summed E-state index contributed by atoms with van der Waals surface area (Å²) < 4.78 is 15.1. The van der Waals surface area contributed by atoms with Crippen LogP contribution in [-0.4, -0.2) is 26.1 Å². The van der Waals surface area contributed by atoms with Crippen LogP contribution >= 0.6 is 0 Å². The van der Waals surface area contributed by atoms with Crippen molar-refractivity contribution in [1.82, 2.24) is 15.0 Å². The van der Waals surface area contributed by atoms with Crippen molar-refractivity contribution in [3.63, 3.8) is 0 Å². The number of carbonyl (C=O) groups is 1. The minimum Gasteiger partial charge on any atom is -0.476 e. The van der Waals surface area contributed by atoms with E-state index in [-0.39, 0.29) is 17.3 Å². The van der Waals surface area contributed by atoms with Crippen LogP contribution in [0, 0.1) is 5.82 Å². The summed E-state index contributed by atoms with van der Waals surface area (Å²) in [4.78, 5) is 11.2. The quantitative estimate of drug-likeness (QED) is 0.921. The third-order valence-electron chi connectivity index (χ3n) is 3.48. The first kappa shape index (κ1) is 11.8. The van der Waals surface area contributed by atoms with Crippen molar-refractivity contribution < 1.29 is 14.3 Å². The van der Waals surface area contributed by atoms with Gasteiger partial charge in [-0.1, -0.05) is 23.8 Å². The van der Waals surface area contributed by atoms with Crippen molar-refractivity contribution in [3.05, 3.63) is 41.5 Å². The molecule has 0 bridgehead atoms. The lowest BCUT2D eigenvalue weighted by molar-refractivity contribution is 0.0687. The van der Waals surface area contributed by atoms with Crippen molar-refractivity contribution in [3.8, 4) is 5.69 Å². The summed E-state index contributed by atoms with van der Waals surface area (Å²) in [5.41, 5.74) is 0.668. The smallest absolute Gasteiger partial charge is 0.358 e. The van der Waals surface area contributed by atoms with Crippen LogP contribution in [0.25, 0.3) is 5.69 Å². The largest absolute Gasteiger partial charge is 0.476 e. The summed E-state index contributed by atoms with van der Waals surface area (Å²) in [5, 5.41) is 16.7. The predicted octanol–water partition coefficient (Wildman–Crippen LogP) is 2.37. The Labute approximate surface area is 108 Å². The molecule has 0 saturated heterocycles. The normalized spacial score (nSPS) is 15.2. The maximum atomic E-state index is 13.8. The molecule has 0 amide bonds. The van der Waals surface area contributed by atoms with Crippen LogP contribution in [0.1, 0.15) is 41.4 Å². The number of halogens is 1. The molecule has 0 atom stereocenters. The highest BCUT2D eigenvalue weighted by Gasteiger charge is 2.31. The van der Waals surface area contributed by atoms with E-state index in [1.54, 1.807) is 18.2 Å². The number of aromatic carboxylic acids is 1. The Morgan fingerprint density at radius 1 is 1.37 bits per heavy atom. The van der Waals surface area contributed by atoms with E-state index in [0.717, 1.165) is 19.3 Å². The van der Waals surface area contributed by atoms with Gasteiger partial charge in [0.2, 0.25) is 0 Å². The maximum absolute atomic E-state index is 13.8. The molecule has 0 spiro atoms. The molecule has 0 unspecified atom stereocenters. The van der Waals surface area contributed by atoms with Crippen molar-refractivity contribution in [2.24, 2.45) is 0 Å². The van der Waals surface area contributed by atoms with Crippen LogP contribution in [0.5, 0.6) is 0 Å². The van der Waals surface area contributed by atoms with E-state index in [9.17, 15) is 9.18 Å². The summed E-state index contributed by atoms with van der Waals surface area (Å²) in [5.74, 6) is -1.46. The first-order valence-corrected chi connectivity index (χ1v) is 6.12. The van der Waals surface area contributed by atoms with Crippen LogP contribution in [0.4, 0.5) is 4.39 Å². The van der Waals surface area contributed by atoms with Gasteiger partial charge in [0.15, 0.2) is 5.69 Å². The molecule has 3 rings (SSSR count). The summed E-state index contributed by atoms with van der Waals surface area (Å²) >= 11 is 0. The van der Waals surface area contributed by atoms with Gasteiger partial charge in [-0.3, -0.25) is 0 Å². The second-order valence-corrected chi connectivity index (χ2v) is 4.62. The number of aromatic nitrogens is 3. The molecular formula is C13H12FN3O2. The number of hydrogen-bond donors (Lipinski definition) is 1. The zero-order valence-corrected chi connectivity index (χ0v) is 10.1. The lowest BCUT2D eigenvalue weighted by Gasteiger charge is -2.26. The van der Waals surface area contributed by atoms with Gasteiger partial charge in [-0.05, 0) is 25.0 Å². The number of nitrogens with zero attached hydrogens (tertiary/aromatic N) is 3. The van der Waals surface area contributed by atoms with Gasteiger partial charge in [-0.15, -0.1) is 5.10 Å². The van der Waals surface area contributed by atoms with E-state index in [4.69, 9.17) is 5.11 Å². The third-order valence-corrected chi connectivity index (χ3v) is 3.48. The highest BCUT2D eigenvalue weighted by molar-refractivity contribution is 5.86. The highest BCUT2D eigenvalue weighted by atomic mass is 19.1. The Hall–Kier alpha value is -2.24. The zero-order valence-electron chi connectivity index (χ0n) is 10.1. The molecule has 1 saturated carbocycles. The number of benzene rings is 1. The topological polar surface area (TPSA) is 68.0 Å². The van der Waals surface area contributed by atoms with E-state index in [1.807, 2.05) is 0 Å². The molecule has 0 radical (unpaired) electrons. The second kappa shape index (κ2) is 4.46. The summed E-state index contributed by atoms with van der Waals surface area (Å²) in [6, 6.07) is 6.15. The van der Waals surface area contributed by atoms with Crippen molar-refractivity contribution >= 4 is 5.97 Å². The Kier molecular flexibility index (Phi) is 2.77. The minimum absolute atomic E-state index is 0.0760. The van der Waals surface area contributed by atoms with E-state index >= 15 is 0 Å². The first-order chi connectivity index (χ1) is 9.18. The van der Waals surface area contributed by atoms with Crippen molar-refractivity contribution in [2.75, 3.05) is 0 Å². The Morgan fingerprint density at radius 2 is 2.11 bits per heavy atom. The van der Waals surface area contributed by atoms with E-state index < -0.39 is 11.8 Å². The zero-order chi connectivity index (χ0) is 13.4. The van der Waals surface area contributed by atoms with E-state index in [2.05, 4.69) is 10.3 Å². The molecule has 2 aromatic rings. The Balaban J connectivity index is 2.16. The van der Waals surface area contributed by atoms with Gasteiger partial charge in [-0.25, -0.2) is 13.9 Å². The number of para-hydroxylation sites is 1. The molecule has 1 fully saturated rings. The monoisotopic (exact) mass is 261 g/mol. The van der Waals surface area contributed by atoms with Gasteiger partial charge in [0.25, 0.3) is 0 Å². The summed E-state index contributed by atoms with van der Waals surface area (Å²) in [7, 11) is 0. The SMILES string of the molecule is O=C(O)c1nnn(-c2ccccc2F)c1C1CCC1. The fourth-order valence-electron chi connectivity index (χ4n) is 2.29. The average Bonchev–Trinajstić information content (AvgIpc) is 2.72. The summed E-state index contributed by atoms with van der Waals surface area (Å²) in [6.07, 6.45) is 2.83. The average molecular weight is 261 g/mol. The van der Waals surface area contributed by atoms with Crippen LogP contribution in [0.15, 0.2) is 24.3 Å². The van der Waals surface area contributed by atoms with Crippen LogP contribution in [-0.2, 0) is 0 Å². The van der Waals surface area contributed by atoms with Gasteiger partial charge in [0, 0.05) is 5.92 Å². The molecule has 5 nitrogen and oxygen atoms in total. The van der Waals surface area contributed by atoms with E-state index in [1.165, 1.54) is 10.7 Å².